The Balaban J connectivity index is 2.09. The van der Waals surface area contributed by atoms with Crippen molar-refractivity contribution in [2.24, 2.45) is 0 Å². The number of halogens is 13. The molecule has 224 valence electrons. The summed E-state index contributed by atoms with van der Waals surface area (Å²) in [5.74, 6) is -1.28. The van der Waals surface area contributed by atoms with Crippen LogP contribution in [0.2, 0.25) is 60.3 Å². The maximum absolute atomic E-state index is 7.31. The summed E-state index contributed by atoms with van der Waals surface area (Å²) in [5, 5.41) is -0.529. The summed E-state index contributed by atoms with van der Waals surface area (Å²) < 4.78 is 24.8. The first-order chi connectivity index (χ1) is 19.5. The average molecular weight is 852 g/mol. The second-order valence-electron chi connectivity index (χ2n) is 7.88. The number of rotatable bonds is 8. The van der Waals surface area contributed by atoms with E-state index in [1.165, 1.54) is 48.5 Å². The third-order valence-electron chi connectivity index (χ3n) is 4.80. The zero-order chi connectivity index (χ0) is 31.2. The Morgan fingerprint density at radius 1 is 0.310 bits per heavy atom. The van der Waals surface area contributed by atoms with Crippen LogP contribution >= 0.6 is 157 Å². The average Bonchev–Trinajstić information content (AvgIpc) is 2.84. The van der Waals surface area contributed by atoms with Crippen molar-refractivity contribution >= 4 is 157 Å². The number of benzene rings is 4. The molecule has 18 heteroatoms. The van der Waals surface area contributed by atoms with Gasteiger partial charge in [0.1, 0.15) is 0 Å². The fourth-order valence-electron chi connectivity index (χ4n) is 3.16. The molecule has 0 radical (unpaired) electrons. The monoisotopic (exact) mass is 846 g/mol. The number of hydrogen-bond acceptors (Lipinski definition) is 4. The summed E-state index contributed by atoms with van der Waals surface area (Å²) in [6.45, 7) is -5.98. The Kier molecular flexibility index (Phi) is 11.3. The molecule has 0 aliphatic rings. The second kappa shape index (κ2) is 13.6. The van der Waals surface area contributed by atoms with E-state index in [-0.39, 0.29) is 83.3 Å². The van der Waals surface area contributed by atoms with Crippen LogP contribution in [0.1, 0.15) is 0 Å². The fourth-order valence-corrected chi connectivity index (χ4v) is 10.2. The first-order valence-electron chi connectivity index (χ1n) is 10.6. The van der Waals surface area contributed by atoms with E-state index in [4.69, 9.17) is 169 Å². The molecule has 4 nitrogen and oxygen atoms in total. The molecule has 0 fully saturated rings. The summed E-state index contributed by atoms with van der Waals surface area (Å²) >= 11 is 83.4. The molecular formula is C24H8Cl13O4P. The molecule has 42 heavy (non-hydrogen) atoms. The molecule has 0 unspecified atom stereocenters. The fraction of sp³-hybridized carbons (Fsp3) is 0. The maximum atomic E-state index is 7.31. The van der Waals surface area contributed by atoms with Crippen molar-refractivity contribution in [3.05, 3.63) is 109 Å². The SMILES string of the molecule is Clc1cc(Cl)c(OP(Cl)(Oc2c(Cl)cc(Cl)cc2Cl)(Oc2c(Cl)cc(Cl)cc2Cl)Oc2c(Cl)cc(Cl)cc2Cl)c(Cl)c1. The third-order valence-corrected chi connectivity index (χ3v) is 10.7. The predicted molar refractivity (Wildman–Crippen MR) is 181 cm³/mol. The van der Waals surface area contributed by atoms with Crippen LogP contribution in [0.25, 0.3) is 0 Å². The molecule has 0 spiro atoms. The Hall–Kier alpha value is 0.280. The molecule has 0 heterocycles. The van der Waals surface area contributed by atoms with Crippen molar-refractivity contribution in [3.8, 4) is 23.0 Å². The molecule has 0 saturated heterocycles. The molecular weight excluding hydrogens is 844 g/mol. The van der Waals surface area contributed by atoms with Crippen LogP contribution in [0, 0.1) is 0 Å². The molecule has 0 aliphatic heterocycles. The summed E-state index contributed by atoms with van der Waals surface area (Å²) in [4.78, 5) is 0. The minimum atomic E-state index is -5.98. The Labute approximate surface area is 304 Å². The first-order valence-corrected chi connectivity index (χ1v) is 18.0. The van der Waals surface area contributed by atoms with Crippen LogP contribution in [0.3, 0.4) is 0 Å². The molecule has 0 aromatic heterocycles. The molecule has 4 aromatic carbocycles. The molecule has 0 amide bonds. The zero-order valence-corrected chi connectivity index (χ0v) is 30.3. The standard InChI is InChI=1S/C24H8Cl13O4P/c25-9-1-13(29)21(14(30)2-9)38-42(37,39-22-15(31)3-10(26)4-16(22)32,40-23-17(33)5-11(27)6-18(23)34)41-24-19(35)7-12(28)8-20(24)36/h1-8H. The van der Waals surface area contributed by atoms with E-state index in [0.717, 1.165) is 0 Å². The quantitative estimate of drug-likeness (QED) is 0.166. The van der Waals surface area contributed by atoms with Crippen LogP contribution < -0.4 is 18.1 Å². The van der Waals surface area contributed by atoms with E-state index >= 15 is 0 Å². The van der Waals surface area contributed by atoms with Gasteiger partial charge in [0.25, 0.3) is 0 Å². The molecule has 0 bridgehead atoms. The second-order valence-corrected chi connectivity index (χ2v) is 16.7. The zero-order valence-electron chi connectivity index (χ0n) is 19.6. The van der Waals surface area contributed by atoms with Gasteiger partial charge in [-0.3, -0.25) is 0 Å². The van der Waals surface area contributed by atoms with Gasteiger partial charge in [-0.05, 0) is 0 Å². The van der Waals surface area contributed by atoms with E-state index in [1.54, 1.807) is 0 Å². The van der Waals surface area contributed by atoms with Crippen molar-refractivity contribution in [1.82, 2.24) is 0 Å². The normalized spacial score (nSPS) is 12.5. The van der Waals surface area contributed by atoms with Crippen molar-refractivity contribution in [2.45, 2.75) is 0 Å². The Morgan fingerprint density at radius 3 is 0.595 bits per heavy atom. The van der Waals surface area contributed by atoms with E-state index in [9.17, 15) is 0 Å². The van der Waals surface area contributed by atoms with E-state index in [2.05, 4.69) is 0 Å². The Bertz CT molecular complexity index is 1380. The molecule has 0 saturated carbocycles. The van der Waals surface area contributed by atoms with Crippen molar-refractivity contribution in [1.29, 1.82) is 0 Å². The van der Waals surface area contributed by atoms with Crippen LogP contribution in [0.5, 0.6) is 23.0 Å². The first kappa shape index (κ1) is 35.1. The van der Waals surface area contributed by atoms with Gasteiger partial charge < -0.3 is 0 Å². The van der Waals surface area contributed by atoms with Gasteiger partial charge >= 0.3 is 307 Å². The van der Waals surface area contributed by atoms with E-state index < -0.39 is 6.86 Å². The van der Waals surface area contributed by atoms with Crippen molar-refractivity contribution < 1.29 is 18.1 Å². The molecule has 4 aromatic rings. The number of hydrogen-bond donors (Lipinski definition) is 0. The molecule has 0 atom stereocenters. The summed E-state index contributed by atoms with van der Waals surface area (Å²) in [5.41, 5.74) is 0. The van der Waals surface area contributed by atoms with Gasteiger partial charge in [-0.2, -0.15) is 0 Å². The summed E-state index contributed by atoms with van der Waals surface area (Å²) in [6, 6.07) is 10.4. The predicted octanol–water partition coefficient (Wildman–Crippen LogP) is 15.5. The van der Waals surface area contributed by atoms with Gasteiger partial charge in [0.15, 0.2) is 0 Å². The molecule has 0 N–H and O–H groups in total. The molecule has 4 rings (SSSR count). The van der Waals surface area contributed by atoms with Crippen LogP contribution in [-0.2, 0) is 0 Å². The van der Waals surface area contributed by atoms with E-state index in [1.807, 2.05) is 0 Å². The Morgan fingerprint density at radius 2 is 0.452 bits per heavy atom. The van der Waals surface area contributed by atoms with Crippen molar-refractivity contribution in [2.75, 3.05) is 0 Å². The van der Waals surface area contributed by atoms with Gasteiger partial charge in [-0.1, -0.05) is 0 Å². The van der Waals surface area contributed by atoms with Gasteiger partial charge in [0.05, 0.1) is 0 Å². The van der Waals surface area contributed by atoms with Gasteiger partial charge in [-0.25, -0.2) is 0 Å². The summed E-state index contributed by atoms with van der Waals surface area (Å²) in [6.07, 6.45) is 0. The summed E-state index contributed by atoms with van der Waals surface area (Å²) in [7, 11) is 0. The van der Waals surface area contributed by atoms with Gasteiger partial charge in [0.2, 0.25) is 0 Å². The van der Waals surface area contributed by atoms with Crippen LogP contribution in [0.15, 0.2) is 48.5 Å². The van der Waals surface area contributed by atoms with Crippen LogP contribution in [0.4, 0.5) is 0 Å². The van der Waals surface area contributed by atoms with Crippen molar-refractivity contribution in [3.63, 3.8) is 0 Å². The van der Waals surface area contributed by atoms with Crippen LogP contribution in [-0.4, -0.2) is 0 Å². The minimum absolute atomic E-state index is 0.146. The third kappa shape index (κ3) is 7.97. The molecule has 0 aliphatic carbocycles. The van der Waals surface area contributed by atoms with Gasteiger partial charge in [0, 0.05) is 0 Å². The van der Waals surface area contributed by atoms with Gasteiger partial charge in [-0.15, -0.1) is 0 Å². The van der Waals surface area contributed by atoms with E-state index in [0.29, 0.717) is 0 Å². The topological polar surface area (TPSA) is 36.9 Å².